The van der Waals surface area contributed by atoms with Crippen LogP contribution in [0, 0.1) is 0 Å². The molecule has 16 heavy (non-hydrogen) atoms. The minimum absolute atomic E-state index is 0.177. The molecule has 2 heterocycles. The van der Waals surface area contributed by atoms with Crippen LogP contribution in [0.2, 0.25) is 0 Å². The summed E-state index contributed by atoms with van der Waals surface area (Å²) < 4.78 is 3.07. The van der Waals surface area contributed by atoms with Crippen LogP contribution >= 0.6 is 27.3 Å². The summed E-state index contributed by atoms with van der Waals surface area (Å²) in [4.78, 5) is 22.8. The number of fused-ring (bicyclic) bond motifs is 1. The highest BCUT2D eigenvalue weighted by Gasteiger charge is 2.15. The van der Waals surface area contributed by atoms with Crippen molar-refractivity contribution in [2.75, 3.05) is 0 Å². The second-order valence-electron chi connectivity index (χ2n) is 3.23. The largest absolute Gasteiger partial charge is 0.477 e. The monoisotopic (exact) mass is 301 g/mol. The van der Waals surface area contributed by atoms with E-state index in [9.17, 15) is 9.59 Å². The summed E-state index contributed by atoms with van der Waals surface area (Å²) >= 11 is 4.56. The Bertz CT molecular complexity index is 629. The minimum atomic E-state index is -1.18. The van der Waals surface area contributed by atoms with Crippen LogP contribution in [0.5, 0.6) is 0 Å². The lowest BCUT2D eigenvalue weighted by Crippen LogP contribution is -2.17. The molecule has 4 nitrogen and oxygen atoms in total. The van der Waals surface area contributed by atoms with E-state index in [4.69, 9.17) is 5.11 Å². The third kappa shape index (κ3) is 1.68. The molecule has 0 radical (unpaired) electrons. The van der Waals surface area contributed by atoms with Crippen LogP contribution in [0.25, 0.3) is 10.2 Å². The number of hydrogen-bond acceptors (Lipinski definition) is 3. The molecule has 84 valence electrons. The summed E-state index contributed by atoms with van der Waals surface area (Å²) in [6.45, 7) is 2.53. The average Bonchev–Trinajstić information content (AvgIpc) is 2.60. The standard InChI is InChI=1S/C10H8BrNO3S/c1-2-12-4-5(10(14)15)8(13)9-6(12)3-7(11)16-9/h3-4H,2H2,1H3,(H,14,15). The molecule has 0 bridgehead atoms. The summed E-state index contributed by atoms with van der Waals surface area (Å²) in [6.07, 6.45) is 1.40. The van der Waals surface area contributed by atoms with Crippen molar-refractivity contribution in [2.45, 2.75) is 13.5 Å². The molecular formula is C10H8BrNO3S. The summed E-state index contributed by atoms with van der Waals surface area (Å²) in [5.41, 5.74) is 0.181. The maximum absolute atomic E-state index is 11.8. The zero-order valence-electron chi connectivity index (χ0n) is 8.36. The van der Waals surface area contributed by atoms with E-state index in [1.54, 1.807) is 4.57 Å². The van der Waals surface area contributed by atoms with Gasteiger partial charge in [-0.05, 0) is 28.9 Å². The van der Waals surface area contributed by atoms with Crippen molar-refractivity contribution in [3.8, 4) is 0 Å². The lowest BCUT2D eigenvalue weighted by molar-refractivity contribution is 0.0695. The maximum atomic E-state index is 11.8. The van der Waals surface area contributed by atoms with Gasteiger partial charge in [-0.1, -0.05) is 0 Å². The molecule has 2 aromatic heterocycles. The van der Waals surface area contributed by atoms with Crippen LogP contribution in [0.1, 0.15) is 17.3 Å². The highest BCUT2D eigenvalue weighted by atomic mass is 79.9. The van der Waals surface area contributed by atoms with E-state index < -0.39 is 11.4 Å². The average molecular weight is 302 g/mol. The maximum Gasteiger partial charge on any atom is 0.341 e. The molecule has 1 N–H and O–H groups in total. The van der Waals surface area contributed by atoms with E-state index in [0.717, 1.165) is 9.30 Å². The summed E-state index contributed by atoms with van der Waals surface area (Å²) in [5.74, 6) is -1.18. The fourth-order valence-corrected chi connectivity index (χ4v) is 3.10. The van der Waals surface area contributed by atoms with E-state index in [2.05, 4.69) is 15.9 Å². The van der Waals surface area contributed by atoms with Gasteiger partial charge in [-0.3, -0.25) is 4.79 Å². The summed E-state index contributed by atoms with van der Waals surface area (Å²) in [7, 11) is 0. The first-order valence-electron chi connectivity index (χ1n) is 4.60. The molecule has 6 heteroatoms. The van der Waals surface area contributed by atoms with Gasteiger partial charge in [0.05, 0.1) is 9.30 Å². The van der Waals surface area contributed by atoms with E-state index in [0.29, 0.717) is 11.2 Å². The van der Waals surface area contributed by atoms with Crippen LogP contribution in [-0.4, -0.2) is 15.6 Å². The predicted molar refractivity (Wildman–Crippen MR) is 66.4 cm³/mol. The van der Waals surface area contributed by atoms with Gasteiger partial charge in [0.25, 0.3) is 0 Å². The molecule has 0 aliphatic carbocycles. The predicted octanol–water partition coefficient (Wildman–Crippen LogP) is 2.54. The first-order valence-corrected chi connectivity index (χ1v) is 6.21. The van der Waals surface area contributed by atoms with Crippen LogP contribution in [0.15, 0.2) is 20.8 Å². The zero-order chi connectivity index (χ0) is 11.9. The van der Waals surface area contributed by atoms with Crippen molar-refractivity contribution in [2.24, 2.45) is 0 Å². The van der Waals surface area contributed by atoms with Crippen LogP contribution in [-0.2, 0) is 6.54 Å². The Labute approximate surface area is 103 Å². The molecule has 0 amide bonds. The number of carboxylic acids is 1. The quantitative estimate of drug-likeness (QED) is 0.927. The molecule has 2 rings (SSSR count). The van der Waals surface area contributed by atoms with Crippen molar-refractivity contribution >= 4 is 43.5 Å². The van der Waals surface area contributed by atoms with Gasteiger partial charge in [0.1, 0.15) is 10.3 Å². The van der Waals surface area contributed by atoms with Gasteiger partial charge in [-0.25, -0.2) is 4.79 Å². The number of rotatable bonds is 2. The fraction of sp³-hybridized carbons (Fsp3) is 0.200. The van der Waals surface area contributed by atoms with E-state index in [1.807, 2.05) is 13.0 Å². The molecule has 0 aliphatic heterocycles. The second kappa shape index (κ2) is 4.03. The Morgan fingerprint density at radius 3 is 2.88 bits per heavy atom. The number of aromatic nitrogens is 1. The second-order valence-corrected chi connectivity index (χ2v) is 5.66. The number of carbonyl (C=O) groups is 1. The third-order valence-electron chi connectivity index (χ3n) is 2.30. The van der Waals surface area contributed by atoms with Crippen LogP contribution in [0.4, 0.5) is 0 Å². The highest BCUT2D eigenvalue weighted by Crippen LogP contribution is 2.27. The Hall–Kier alpha value is -1.14. The van der Waals surface area contributed by atoms with Gasteiger partial charge in [-0.2, -0.15) is 0 Å². The van der Waals surface area contributed by atoms with Gasteiger partial charge in [0.2, 0.25) is 5.43 Å². The van der Waals surface area contributed by atoms with Crippen molar-refractivity contribution in [1.29, 1.82) is 0 Å². The van der Waals surface area contributed by atoms with Gasteiger partial charge in [-0.15, -0.1) is 11.3 Å². The van der Waals surface area contributed by atoms with E-state index in [1.165, 1.54) is 17.5 Å². The van der Waals surface area contributed by atoms with E-state index in [-0.39, 0.29) is 5.56 Å². The van der Waals surface area contributed by atoms with Crippen molar-refractivity contribution in [1.82, 2.24) is 4.57 Å². The van der Waals surface area contributed by atoms with Gasteiger partial charge >= 0.3 is 5.97 Å². The van der Waals surface area contributed by atoms with Gasteiger partial charge in [0.15, 0.2) is 0 Å². The Morgan fingerprint density at radius 1 is 1.62 bits per heavy atom. The molecule has 0 aliphatic rings. The van der Waals surface area contributed by atoms with Crippen LogP contribution < -0.4 is 5.43 Å². The molecule has 0 saturated carbocycles. The lowest BCUT2D eigenvalue weighted by atomic mass is 10.2. The topological polar surface area (TPSA) is 59.3 Å². The first-order chi connectivity index (χ1) is 7.54. The highest BCUT2D eigenvalue weighted by molar-refractivity contribution is 9.11. The Kier molecular flexibility index (Phi) is 2.86. The molecule has 0 atom stereocenters. The SMILES string of the molecule is CCn1cc(C(=O)O)c(=O)c2sc(Br)cc21. The molecular weight excluding hydrogens is 294 g/mol. The van der Waals surface area contributed by atoms with Crippen molar-refractivity contribution < 1.29 is 9.90 Å². The van der Waals surface area contributed by atoms with E-state index >= 15 is 0 Å². The number of carboxylic acid groups (broad SMARTS) is 1. The lowest BCUT2D eigenvalue weighted by Gasteiger charge is -2.05. The molecule has 0 saturated heterocycles. The summed E-state index contributed by atoms with van der Waals surface area (Å²) in [5, 5.41) is 8.93. The number of aromatic carboxylic acids is 1. The summed E-state index contributed by atoms with van der Waals surface area (Å²) in [6, 6.07) is 1.83. The van der Waals surface area contributed by atoms with Crippen molar-refractivity contribution in [3.63, 3.8) is 0 Å². The number of nitrogens with zero attached hydrogens (tertiary/aromatic N) is 1. The third-order valence-corrected chi connectivity index (χ3v) is 3.92. The first kappa shape index (κ1) is 11.3. The number of hydrogen-bond donors (Lipinski definition) is 1. The van der Waals surface area contributed by atoms with Gasteiger partial charge < -0.3 is 9.67 Å². The molecule has 2 aromatic rings. The fourth-order valence-electron chi connectivity index (χ4n) is 1.55. The Morgan fingerprint density at radius 2 is 2.31 bits per heavy atom. The molecule has 0 fully saturated rings. The number of pyridine rings is 1. The number of halogens is 1. The van der Waals surface area contributed by atoms with Crippen LogP contribution in [0.3, 0.4) is 0 Å². The molecule has 0 spiro atoms. The molecule has 0 unspecified atom stereocenters. The van der Waals surface area contributed by atoms with Crippen molar-refractivity contribution in [3.05, 3.63) is 31.8 Å². The Balaban J connectivity index is 2.93. The normalized spacial score (nSPS) is 10.9. The molecule has 0 aromatic carbocycles. The smallest absolute Gasteiger partial charge is 0.341 e. The van der Waals surface area contributed by atoms with Gasteiger partial charge in [0, 0.05) is 12.7 Å². The number of aryl methyl sites for hydroxylation is 1. The zero-order valence-corrected chi connectivity index (χ0v) is 10.8. The number of thiophene rings is 1. The minimum Gasteiger partial charge on any atom is -0.477 e.